The van der Waals surface area contributed by atoms with Crippen LogP contribution >= 0.6 is 0 Å². The van der Waals surface area contributed by atoms with E-state index < -0.39 is 23.8 Å². The number of benzene rings is 1. The van der Waals surface area contributed by atoms with Gasteiger partial charge in [0, 0.05) is 30.1 Å². The molecule has 2 aromatic rings. The number of rotatable bonds is 4. The van der Waals surface area contributed by atoms with E-state index in [2.05, 4.69) is 10.1 Å². The number of carbonyl (C=O) groups is 1. The average Bonchev–Trinajstić information content (AvgIpc) is 3.16. The molecule has 2 aliphatic rings. The summed E-state index contributed by atoms with van der Waals surface area (Å²) in [7, 11) is 0. The first kappa shape index (κ1) is 20.4. The minimum absolute atomic E-state index is 0.185. The van der Waals surface area contributed by atoms with Crippen LogP contribution in [-0.4, -0.2) is 45.8 Å². The number of aliphatic hydroxyl groups excluding tert-OH is 1. The number of alkyl halides is 3. The number of nitrogens with two attached hydrogens (primary N) is 1. The SMILES string of the molecule is NC(=O)C1C=NC=C(C(F)(F)F)N1c1ccc2nn(C3CCC(CO)CC3)cc2c1. The maximum Gasteiger partial charge on any atom is 0.433 e. The molecule has 1 saturated carbocycles. The molecule has 1 aromatic heterocycles. The molecule has 1 fully saturated rings. The van der Waals surface area contributed by atoms with Gasteiger partial charge in [0.05, 0.1) is 17.8 Å². The fourth-order valence-electron chi connectivity index (χ4n) is 4.15. The largest absolute Gasteiger partial charge is 0.433 e. The first-order valence-corrected chi connectivity index (χ1v) is 9.77. The molecule has 10 heteroatoms. The summed E-state index contributed by atoms with van der Waals surface area (Å²) in [6, 6.07) is 3.56. The van der Waals surface area contributed by atoms with E-state index in [0.717, 1.165) is 36.8 Å². The van der Waals surface area contributed by atoms with Crippen molar-refractivity contribution in [3.05, 3.63) is 36.3 Å². The number of allylic oxidation sites excluding steroid dienone is 1. The molecule has 30 heavy (non-hydrogen) atoms. The number of nitrogens with zero attached hydrogens (tertiary/aromatic N) is 4. The second kappa shape index (κ2) is 7.75. The number of aliphatic hydroxyl groups is 1. The molecule has 0 spiro atoms. The van der Waals surface area contributed by atoms with Crippen LogP contribution < -0.4 is 10.6 Å². The summed E-state index contributed by atoms with van der Waals surface area (Å²) in [5.74, 6) is -0.609. The van der Waals surface area contributed by atoms with Gasteiger partial charge in [-0.15, -0.1) is 0 Å². The molecular weight excluding hydrogens is 399 g/mol. The number of halogens is 3. The summed E-state index contributed by atoms with van der Waals surface area (Å²) < 4.78 is 42.5. The van der Waals surface area contributed by atoms with Gasteiger partial charge in [0.15, 0.2) is 0 Å². The molecule has 1 aliphatic carbocycles. The second-order valence-corrected chi connectivity index (χ2v) is 7.74. The van der Waals surface area contributed by atoms with E-state index in [0.29, 0.717) is 23.0 Å². The average molecular weight is 421 g/mol. The Kier molecular flexibility index (Phi) is 5.27. The smallest absolute Gasteiger partial charge is 0.396 e. The minimum Gasteiger partial charge on any atom is -0.396 e. The van der Waals surface area contributed by atoms with Crippen molar-refractivity contribution in [3.63, 3.8) is 0 Å². The quantitative estimate of drug-likeness (QED) is 0.793. The molecule has 0 bridgehead atoms. The van der Waals surface area contributed by atoms with Crippen LogP contribution in [0.5, 0.6) is 0 Å². The zero-order chi connectivity index (χ0) is 21.5. The van der Waals surface area contributed by atoms with E-state index in [1.165, 1.54) is 6.07 Å². The molecule has 7 nitrogen and oxygen atoms in total. The summed E-state index contributed by atoms with van der Waals surface area (Å²) in [5, 5.41) is 14.5. The maximum absolute atomic E-state index is 13.6. The summed E-state index contributed by atoms with van der Waals surface area (Å²) in [6.45, 7) is 0.187. The number of hydrogen-bond donors (Lipinski definition) is 2. The van der Waals surface area contributed by atoms with Crippen LogP contribution in [0.25, 0.3) is 10.9 Å². The molecule has 4 rings (SSSR count). The van der Waals surface area contributed by atoms with Gasteiger partial charge in [-0.25, -0.2) is 0 Å². The third kappa shape index (κ3) is 3.79. The molecule has 0 radical (unpaired) electrons. The Bertz CT molecular complexity index is 1010. The number of primary amides is 1. The van der Waals surface area contributed by atoms with Gasteiger partial charge in [-0.2, -0.15) is 18.3 Å². The van der Waals surface area contributed by atoms with Crippen LogP contribution in [0.1, 0.15) is 31.7 Å². The summed E-state index contributed by atoms with van der Waals surface area (Å²) in [4.78, 5) is 16.2. The van der Waals surface area contributed by atoms with Crippen molar-refractivity contribution >= 4 is 28.7 Å². The molecule has 1 atom stereocenters. The number of hydrogen-bond acceptors (Lipinski definition) is 5. The van der Waals surface area contributed by atoms with Crippen LogP contribution in [0.2, 0.25) is 0 Å². The van der Waals surface area contributed by atoms with Gasteiger partial charge >= 0.3 is 6.18 Å². The number of carbonyl (C=O) groups excluding carboxylic acids is 1. The van der Waals surface area contributed by atoms with Crippen LogP contribution in [0.3, 0.4) is 0 Å². The number of aromatic nitrogens is 2. The highest BCUT2D eigenvalue weighted by Crippen LogP contribution is 2.37. The predicted octanol–water partition coefficient (Wildman–Crippen LogP) is 2.91. The molecule has 0 saturated heterocycles. The van der Waals surface area contributed by atoms with E-state index in [4.69, 9.17) is 5.73 Å². The number of aliphatic imine (C=N–C) groups is 1. The van der Waals surface area contributed by atoms with Gasteiger partial charge in [0.1, 0.15) is 11.7 Å². The lowest BCUT2D eigenvalue weighted by molar-refractivity contribution is -0.118. The Morgan fingerprint density at radius 2 is 1.97 bits per heavy atom. The predicted molar refractivity (Wildman–Crippen MR) is 106 cm³/mol. The maximum atomic E-state index is 13.6. The molecule has 1 unspecified atom stereocenters. The van der Waals surface area contributed by atoms with Crippen molar-refractivity contribution in [3.8, 4) is 0 Å². The van der Waals surface area contributed by atoms with Gasteiger partial charge in [0.25, 0.3) is 0 Å². The fraction of sp³-hybridized carbons (Fsp3) is 0.450. The highest BCUT2D eigenvalue weighted by molar-refractivity contribution is 6.02. The van der Waals surface area contributed by atoms with Gasteiger partial charge in [-0.3, -0.25) is 14.5 Å². The Morgan fingerprint density at radius 3 is 2.60 bits per heavy atom. The number of anilines is 1. The van der Waals surface area contributed by atoms with Crippen molar-refractivity contribution in [2.75, 3.05) is 11.5 Å². The molecule has 1 amide bonds. The molecule has 1 aromatic carbocycles. The molecule has 2 heterocycles. The van der Waals surface area contributed by atoms with Crippen LogP contribution in [0.15, 0.2) is 41.3 Å². The Hall–Kier alpha value is -2.88. The number of amides is 1. The van der Waals surface area contributed by atoms with E-state index in [9.17, 15) is 23.1 Å². The van der Waals surface area contributed by atoms with E-state index in [1.807, 2.05) is 10.9 Å². The van der Waals surface area contributed by atoms with Gasteiger partial charge in [0.2, 0.25) is 5.91 Å². The Labute approximate surface area is 170 Å². The third-order valence-corrected chi connectivity index (χ3v) is 5.78. The molecular formula is C20H22F3N5O2. The lowest BCUT2D eigenvalue weighted by atomic mass is 9.87. The van der Waals surface area contributed by atoms with Crippen molar-refractivity contribution in [1.82, 2.24) is 9.78 Å². The van der Waals surface area contributed by atoms with Crippen LogP contribution in [0.4, 0.5) is 18.9 Å². The van der Waals surface area contributed by atoms with Crippen molar-refractivity contribution < 1.29 is 23.1 Å². The van der Waals surface area contributed by atoms with Crippen molar-refractivity contribution in [2.45, 2.75) is 43.9 Å². The summed E-state index contributed by atoms with van der Waals surface area (Å²) >= 11 is 0. The standard InChI is InChI=1S/C20H22F3N5O2/c21-20(22,23)18-9-25-8-17(19(24)30)28(18)15-5-6-16-13(7-15)10-27(26-16)14-3-1-12(11-29)2-4-14/h5-10,12,14,17,29H,1-4,11H2,(H2,24,30). The van der Waals surface area contributed by atoms with Gasteiger partial charge in [-0.05, 0) is 49.8 Å². The molecule has 160 valence electrons. The second-order valence-electron chi connectivity index (χ2n) is 7.74. The topological polar surface area (TPSA) is 96.7 Å². The zero-order valence-electron chi connectivity index (χ0n) is 16.1. The third-order valence-electron chi connectivity index (χ3n) is 5.78. The van der Waals surface area contributed by atoms with E-state index >= 15 is 0 Å². The fourth-order valence-corrected chi connectivity index (χ4v) is 4.15. The first-order valence-electron chi connectivity index (χ1n) is 9.77. The Balaban J connectivity index is 1.67. The van der Waals surface area contributed by atoms with E-state index in [1.54, 1.807) is 12.1 Å². The van der Waals surface area contributed by atoms with Crippen LogP contribution in [0, 0.1) is 5.92 Å². The monoisotopic (exact) mass is 421 g/mol. The van der Waals surface area contributed by atoms with Crippen LogP contribution in [-0.2, 0) is 4.79 Å². The normalized spacial score (nSPS) is 24.9. The zero-order valence-corrected chi connectivity index (χ0v) is 16.1. The van der Waals surface area contributed by atoms with E-state index in [-0.39, 0.29) is 18.3 Å². The molecule has 1 aliphatic heterocycles. The van der Waals surface area contributed by atoms with Crippen molar-refractivity contribution in [1.29, 1.82) is 0 Å². The summed E-state index contributed by atoms with van der Waals surface area (Å²) in [6.07, 6.45) is 2.51. The molecule has 3 N–H and O–H groups in total. The highest BCUT2D eigenvalue weighted by Gasteiger charge is 2.43. The first-order chi connectivity index (χ1) is 14.3. The lowest BCUT2D eigenvalue weighted by Gasteiger charge is -2.33. The minimum atomic E-state index is -4.70. The lowest BCUT2D eigenvalue weighted by Crippen LogP contribution is -2.49. The van der Waals surface area contributed by atoms with Gasteiger partial charge < -0.3 is 15.7 Å². The summed E-state index contributed by atoms with van der Waals surface area (Å²) in [5.41, 5.74) is 5.12. The number of fused-ring (bicyclic) bond motifs is 1. The van der Waals surface area contributed by atoms with Gasteiger partial charge in [-0.1, -0.05) is 0 Å². The highest BCUT2D eigenvalue weighted by atomic mass is 19.4. The Morgan fingerprint density at radius 1 is 1.23 bits per heavy atom. The van der Waals surface area contributed by atoms with Crippen molar-refractivity contribution in [2.24, 2.45) is 16.6 Å².